The van der Waals surface area contributed by atoms with Gasteiger partial charge in [0.05, 0.1) is 16.3 Å². The highest BCUT2D eigenvalue weighted by atomic mass is 35.5. The van der Waals surface area contributed by atoms with Gasteiger partial charge in [-0.1, -0.05) is 11.6 Å². The minimum Gasteiger partial charge on any atom is -0.326 e. The summed E-state index contributed by atoms with van der Waals surface area (Å²) in [6.07, 6.45) is 4.79. The number of amides is 2. The fourth-order valence-electron chi connectivity index (χ4n) is 3.19. The van der Waals surface area contributed by atoms with E-state index in [4.69, 9.17) is 11.6 Å². The SMILES string of the molecule is CC(=O)Nc1ccc(NC(=O)c2c(-n3cccc3)sc3c2CCSC3)c(Cl)c1. The summed E-state index contributed by atoms with van der Waals surface area (Å²) in [5, 5.41) is 6.94. The van der Waals surface area contributed by atoms with Crippen LogP contribution in [0.2, 0.25) is 5.02 Å². The Morgan fingerprint density at radius 1 is 1.18 bits per heavy atom. The molecule has 3 heterocycles. The number of hydrogen-bond acceptors (Lipinski definition) is 4. The zero-order valence-corrected chi connectivity index (χ0v) is 17.5. The van der Waals surface area contributed by atoms with Crippen LogP contribution in [0.4, 0.5) is 11.4 Å². The van der Waals surface area contributed by atoms with Crippen LogP contribution in [0.1, 0.15) is 27.7 Å². The second-order valence-corrected chi connectivity index (χ2v) is 9.00. The molecule has 1 aliphatic heterocycles. The van der Waals surface area contributed by atoms with Crippen LogP contribution in [0.25, 0.3) is 5.00 Å². The molecule has 1 aliphatic rings. The van der Waals surface area contributed by atoms with E-state index in [-0.39, 0.29) is 11.8 Å². The molecule has 3 aromatic rings. The van der Waals surface area contributed by atoms with Gasteiger partial charge in [-0.3, -0.25) is 9.59 Å². The lowest BCUT2D eigenvalue weighted by Crippen LogP contribution is -2.17. The van der Waals surface area contributed by atoms with Gasteiger partial charge in [-0.15, -0.1) is 11.3 Å². The largest absolute Gasteiger partial charge is 0.326 e. The second-order valence-electron chi connectivity index (χ2n) is 6.41. The molecule has 4 rings (SSSR count). The summed E-state index contributed by atoms with van der Waals surface area (Å²) < 4.78 is 1.99. The number of benzene rings is 1. The molecule has 144 valence electrons. The average Bonchev–Trinajstić information content (AvgIpc) is 3.30. The number of nitrogens with one attached hydrogen (secondary N) is 2. The zero-order chi connectivity index (χ0) is 19.7. The van der Waals surface area contributed by atoms with E-state index in [0.717, 1.165) is 34.1 Å². The van der Waals surface area contributed by atoms with Gasteiger partial charge in [-0.05, 0) is 48.1 Å². The minimum absolute atomic E-state index is 0.165. The van der Waals surface area contributed by atoms with Gasteiger partial charge in [-0.25, -0.2) is 0 Å². The summed E-state index contributed by atoms with van der Waals surface area (Å²) in [5.74, 6) is 1.61. The molecular formula is C20H18ClN3O2S2. The van der Waals surface area contributed by atoms with Crippen LogP contribution < -0.4 is 10.6 Å². The first kappa shape index (κ1) is 19.1. The van der Waals surface area contributed by atoms with E-state index in [1.165, 1.54) is 11.8 Å². The van der Waals surface area contributed by atoms with Crippen molar-refractivity contribution in [1.82, 2.24) is 4.57 Å². The van der Waals surface area contributed by atoms with Crippen molar-refractivity contribution in [2.45, 2.75) is 19.1 Å². The molecule has 0 spiro atoms. The van der Waals surface area contributed by atoms with Gasteiger partial charge in [0.2, 0.25) is 5.91 Å². The summed E-state index contributed by atoms with van der Waals surface area (Å²) in [6, 6.07) is 8.95. The number of rotatable bonds is 4. The molecule has 8 heteroatoms. The topological polar surface area (TPSA) is 63.1 Å². The van der Waals surface area contributed by atoms with Crippen molar-refractivity contribution < 1.29 is 9.59 Å². The molecule has 2 aromatic heterocycles. The van der Waals surface area contributed by atoms with Crippen LogP contribution in [0.15, 0.2) is 42.7 Å². The summed E-state index contributed by atoms with van der Waals surface area (Å²) in [5.41, 5.74) is 2.97. The zero-order valence-electron chi connectivity index (χ0n) is 15.1. The average molecular weight is 432 g/mol. The quantitative estimate of drug-likeness (QED) is 0.597. The van der Waals surface area contributed by atoms with Crippen LogP contribution in [0.5, 0.6) is 0 Å². The number of carbonyl (C=O) groups excluding carboxylic acids is 2. The Hall–Kier alpha value is -2.22. The lowest BCUT2D eigenvalue weighted by atomic mass is 10.1. The molecule has 5 nitrogen and oxygen atoms in total. The lowest BCUT2D eigenvalue weighted by Gasteiger charge is -2.14. The van der Waals surface area contributed by atoms with E-state index < -0.39 is 0 Å². The number of fused-ring (bicyclic) bond motifs is 1. The third-order valence-electron chi connectivity index (χ3n) is 4.41. The Labute approximate surface area is 176 Å². The fourth-order valence-corrected chi connectivity index (χ4v) is 5.86. The van der Waals surface area contributed by atoms with E-state index in [1.54, 1.807) is 29.5 Å². The first-order chi connectivity index (χ1) is 13.5. The first-order valence-electron chi connectivity index (χ1n) is 8.77. The Bertz CT molecular complexity index is 1040. The maximum atomic E-state index is 13.2. The van der Waals surface area contributed by atoms with Gasteiger partial charge in [0.25, 0.3) is 5.91 Å². The third kappa shape index (κ3) is 3.83. The van der Waals surface area contributed by atoms with Crippen molar-refractivity contribution in [2.24, 2.45) is 0 Å². The highest BCUT2D eigenvalue weighted by Gasteiger charge is 2.26. The van der Waals surface area contributed by atoms with E-state index in [2.05, 4.69) is 10.6 Å². The van der Waals surface area contributed by atoms with Crippen molar-refractivity contribution in [3.05, 3.63) is 63.8 Å². The number of aromatic nitrogens is 1. The molecule has 1 aromatic carbocycles. The standard InChI is InChI=1S/C20H18ClN3O2S2/c1-12(25)22-13-4-5-16(15(21)10-13)23-19(26)18-14-6-9-27-11-17(14)28-20(18)24-7-2-3-8-24/h2-5,7-8,10H,6,9,11H2,1H3,(H,22,25)(H,23,26). The number of thioether (sulfide) groups is 1. The summed E-state index contributed by atoms with van der Waals surface area (Å²) in [4.78, 5) is 25.7. The van der Waals surface area contributed by atoms with Crippen molar-refractivity contribution in [3.63, 3.8) is 0 Å². The molecule has 0 saturated carbocycles. The predicted octanol–water partition coefficient (Wildman–Crippen LogP) is 5.19. The van der Waals surface area contributed by atoms with Gasteiger partial charge in [-0.2, -0.15) is 11.8 Å². The number of anilines is 2. The van der Waals surface area contributed by atoms with Crippen molar-refractivity contribution in [3.8, 4) is 5.00 Å². The molecule has 0 fully saturated rings. The number of hydrogen-bond donors (Lipinski definition) is 2. The van der Waals surface area contributed by atoms with Crippen LogP contribution in [-0.2, 0) is 17.0 Å². The highest BCUT2D eigenvalue weighted by Crippen LogP contribution is 2.39. The van der Waals surface area contributed by atoms with Crippen molar-refractivity contribution in [1.29, 1.82) is 0 Å². The number of carbonyl (C=O) groups is 2. The molecule has 2 N–H and O–H groups in total. The van der Waals surface area contributed by atoms with E-state index in [0.29, 0.717) is 16.4 Å². The second kappa shape index (κ2) is 8.03. The van der Waals surface area contributed by atoms with Gasteiger partial charge in [0, 0.05) is 35.6 Å². The Morgan fingerprint density at radius 3 is 2.68 bits per heavy atom. The molecule has 0 bridgehead atoms. The molecule has 28 heavy (non-hydrogen) atoms. The summed E-state index contributed by atoms with van der Waals surface area (Å²) >= 11 is 9.90. The fraction of sp³-hybridized carbons (Fsp3) is 0.200. The molecule has 0 atom stereocenters. The number of thiophene rings is 1. The molecule has 0 saturated heterocycles. The monoisotopic (exact) mass is 431 g/mol. The molecule has 0 radical (unpaired) electrons. The van der Waals surface area contributed by atoms with Gasteiger partial charge < -0.3 is 15.2 Å². The lowest BCUT2D eigenvalue weighted by molar-refractivity contribution is -0.114. The molecule has 0 unspecified atom stereocenters. The van der Waals surface area contributed by atoms with Gasteiger partial charge >= 0.3 is 0 Å². The van der Waals surface area contributed by atoms with Crippen LogP contribution in [0, 0.1) is 0 Å². The molecule has 2 amide bonds. The maximum Gasteiger partial charge on any atom is 0.259 e. The maximum absolute atomic E-state index is 13.2. The molecular weight excluding hydrogens is 414 g/mol. The Morgan fingerprint density at radius 2 is 1.96 bits per heavy atom. The van der Waals surface area contributed by atoms with Crippen LogP contribution >= 0.6 is 34.7 Å². The van der Waals surface area contributed by atoms with E-state index in [1.807, 2.05) is 40.9 Å². The summed E-state index contributed by atoms with van der Waals surface area (Å²) in [6.45, 7) is 1.43. The molecule has 0 aliphatic carbocycles. The Kier molecular flexibility index (Phi) is 5.48. The van der Waals surface area contributed by atoms with E-state index >= 15 is 0 Å². The van der Waals surface area contributed by atoms with Gasteiger partial charge in [0.1, 0.15) is 5.00 Å². The number of halogens is 1. The third-order valence-corrected chi connectivity index (χ3v) is 7.13. The first-order valence-corrected chi connectivity index (χ1v) is 11.1. The van der Waals surface area contributed by atoms with Crippen molar-refractivity contribution in [2.75, 3.05) is 16.4 Å². The smallest absolute Gasteiger partial charge is 0.259 e. The highest BCUT2D eigenvalue weighted by molar-refractivity contribution is 7.98. The van der Waals surface area contributed by atoms with Gasteiger partial charge in [0.15, 0.2) is 0 Å². The van der Waals surface area contributed by atoms with Crippen LogP contribution in [-0.4, -0.2) is 22.1 Å². The van der Waals surface area contributed by atoms with Crippen molar-refractivity contribution >= 4 is 57.9 Å². The minimum atomic E-state index is -0.174. The van der Waals surface area contributed by atoms with Crippen LogP contribution in [0.3, 0.4) is 0 Å². The summed E-state index contributed by atoms with van der Waals surface area (Å²) in [7, 11) is 0. The number of nitrogens with zero attached hydrogens (tertiary/aromatic N) is 1. The Balaban J connectivity index is 1.67. The van der Waals surface area contributed by atoms with E-state index in [9.17, 15) is 9.59 Å². The normalized spacial score (nSPS) is 13.1. The predicted molar refractivity (Wildman–Crippen MR) is 117 cm³/mol.